The van der Waals surface area contributed by atoms with E-state index in [-0.39, 0.29) is 13.4 Å². The van der Waals surface area contributed by atoms with E-state index in [1.807, 2.05) is 0 Å². The van der Waals surface area contributed by atoms with Crippen molar-refractivity contribution in [2.45, 2.75) is 51.9 Å². The minimum Gasteiger partial charge on any atom is -0.481 e. The number of methoxy groups -OCH3 is 1. The zero-order valence-corrected chi connectivity index (χ0v) is 18.0. The molecule has 1 aromatic carbocycles. The lowest BCUT2D eigenvalue weighted by atomic mass is 9.80. The van der Waals surface area contributed by atoms with Crippen LogP contribution in [0.5, 0.6) is 11.5 Å². The highest BCUT2D eigenvalue weighted by Crippen LogP contribution is 2.43. The van der Waals surface area contributed by atoms with Gasteiger partial charge in [0.2, 0.25) is 12.7 Å². The molecule has 10 heteroatoms. The van der Waals surface area contributed by atoms with E-state index >= 15 is 0 Å². The largest absolute Gasteiger partial charge is 0.481 e. The Balaban J connectivity index is 2.13. The summed E-state index contributed by atoms with van der Waals surface area (Å²) in [5, 5.41) is 0. The molecule has 2 heterocycles. The third kappa shape index (κ3) is 4.89. The van der Waals surface area contributed by atoms with Crippen molar-refractivity contribution in [1.29, 1.82) is 0 Å². The van der Waals surface area contributed by atoms with Crippen LogP contribution >= 0.6 is 0 Å². The Morgan fingerprint density at radius 3 is 2.29 bits per heavy atom. The molecule has 3 rings (SSSR count). The van der Waals surface area contributed by atoms with Gasteiger partial charge in [-0.05, 0) is 24.6 Å². The molecule has 0 unspecified atom stereocenters. The van der Waals surface area contributed by atoms with Gasteiger partial charge < -0.3 is 28.4 Å². The molecule has 0 bridgehead atoms. The Labute approximate surface area is 179 Å². The van der Waals surface area contributed by atoms with Gasteiger partial charge in [0.25, 0.3) is 0 Å². The number of ether oxygens (including phenoxy) is 6. The Kier molecular flexibility index (Phi) is 6.67. The minimum absolute atomic E-state index is 0.0659. The highest BCUT2D eigenvalue weighted by atomic mass is 16.7. The zero-order chi connectivity index (χ0) is 22.7. The summed E-state index contributed by atoms with van der Waals surface area (Å²) in [6.45, 7) is 5.42. The van der Waals surface area contributed by atoms with Gasteiger partial charge in [-0.2, -0.15) is 0 Å². The van der Waals surface area contributed by atoms with Crippen molar-refractivity contribution in [3.8, 4) is 11.5 Å². The molecule has 0 aromatic heterocycles. The van der Waals surface area contributed by atoms with Gasteiger partial charge in [0.1, 0.15) is 18.8 Å². The molecule has 0 spiro atoms. The molecule has 2 aliphatic rings. The Hall–Kier alpha value is -3.30. The van der Waals surface area contributed by atoms with E-state index in [4.69, 9.17) is 28.4 Å². The number of esters is 3. The molecule has 1 aromatic rings. The average Bonchev–Trinajstić information content (AvgIpc) is 3.15. The van der Waals surface area contributed by atoms with Crippen LogP contribution in [0.1, 0.15) is 44.7 Å². The van der Waals surface area contributed by atoms with Crippen LogP contribution in [-0.2, 0) is 33.3 Å². The minimum atomic E-state index is -0.914. The first-order chi connectivity index (χ1) is 14.7. The number of hydrogen-bond donors (Lipinski definition) is 0. The van der Waals surface area contributed by atoms with Gasteiger partial charge in [-0.15, -0.1) is 0 Å². The normalized spacial score (nSPS) is 20.6. The molecule has 0 saturated heterocycles. The Morgan fingerprint density at radius 2 is 1.71 bits per heavy atom. The summed E-state index contributed by atoms with van der Waals surface area (Å²) in [6, 6.07) is 2.82. The number of fused-ring (bicyclic) bond motifs is 2. The summed E-state index contributed by atoms with van der Waals surface area (Å²) in [5.41, 5.74) is 1.29. The van der Waals surface area contributed by atoms with Crippen LogP contribution in [0.2, 0.25) is 0 Å². The van der Waals surface area contributed by atoms with Crippen LogP contribution in [0.3, 0.4) is 0 Å². The maximum atomic E-state index is 11.9. The van der Waals surface area contributed by atoms with E-state index in [2.05, 4.69) is 4.99 Å². The monoisotopic (exact) mass is 435 g/mol. The first-order valence-electron chi connectivity index (χ1n) is 9.74. The molecule has 0 aliphatic carbocycles. The number of nitrogens with zero attached hydrogens (tertiary/aromatic N) is 1. The number of carbonyl (C=O) groups excluding carboxylic acids is 3. The standard InChI is InChI=1S/C21H25NO9/c1-10(30-12(3)24)20(31-13(4)25)19-14-6-17-18(29-9-28-17)7-15(14)21(26-5)22-16(19)8-27-11(2)23/h6-7,10,16,19-20H,8-9H2,1-5H3/t10-,16+,19-,20+/m1/s1. The van der Waals surface area contributed by atoms with Gasteiger partial charge in [-0.3, -0.25) is 14.4 Å². The number of aliphatic imine (C=N–C) groups is 1. The lowest BCUT2D eigenvalue weighted by molar-refractivity contribution is -0.166. The van der Waals surface area contributed by atoms with Crippen molar-refractivity contribution in [2.75, 3.05) is 20.5 Å². The molecule has 2 aliphatic heterocycles. The van der Waals surface area contributed by atoms with Crippen molar-refractivity contribution < 1.29 is 42.8 Å². The summed E-state index contributed by atoms with van der Waals surface area (Å²) < 4.78 is 32.6. The van der Waals surface area contributed by atoms with Crippen LogP contribution in [0.4, 0.5) is 0 Å². The van der Waals surface area contributed by atoms with Gasteiger partial charge in [-0.1, -0.05) is 0 Å². The molecule has 10 nitrogen and oxygen atoms in total. The molecule has 4 atom stereocenters. The molecular formula is C21H25NO9. The third-order valence-corrected chi connectivity index (χ3v) is 4.95. The van der Waals surface area contributed by atoms with E-state index < -0.39 is 42.1 Å². The summed E-state index contributed by atoms with van der Waals surface area (Å²) in [5.74, 6) is -0.847. The van der Waals surface area contributed by atoms with Crippen LogP contribution in [0, 0.1) is 0 Å². The van der Waals surface area contributed by atoms with Gasteiger partial charge in [0.15, 0.2) is 11.5 Å². The van der Waals surface area contributed by atoms with E-state index in [1.165, 1.54) is 27.9 Å². The second kappa shape index (κ2) is 9.23. The van der Waals surface area contributed by atoms with Crippen LogP contribution < -0.4 is 9.47 Å². The summed E-state index contributed by atoms with van der Waals surface area (Å²) in [6.07, 6.45) is -1.72. The molecule has 31 heavy (non-hydrogen) atoms. The van der Waals surface area contributed by atoms with Gasteiger partial charge in [0.05, 0.1) is 19.1 Å². The van der Waals surface area contributed by atoms with E-state index in [0.717, 1.165) is 0 Å². The van der Waals surface area contributed by atoms with Gasteiger partial charge >= 0.3 is 17.9 Å². The van der Waals surface area contributed by atoms with Gasteiger partial charge in [-0.25, -0.2) is 4.99 Å². The van der Waals surface area contributed by atoms with Gasteiger partial charge in [0, 0.05) is 26.3 Å². The number of hydrogen-bond acceptors (Lipinski definition) is 10. The first kappa shape index (κ1) is 22.4. The lowest BCUT2D eigenvalue weighted by Crippen LogP contribution is -2.45. The molecule has 0 fully saturated rings. The predicted octanol–water partition coefficient (Wildman–Crippen LogP) is 1.72. The maximum Gasteiger partial charge on any atom is 0.303 e. The maximum absolute atomic E-state index is 11.9. The molecule has 0 N–H and O–H groups in total. The SMILES string of the molecule is COC1=N[C@@H](COC(C)=O)[C@H]([C@@H](OC(C)=O)[C@@H](C)OC(C)=O)c2cc3c(cc21)OCO3. The summed E-state index contributed by atoms with van der Waals surface area (Å²) >= 11 is 0. The second-order valence-electron chi connectivity index (χ2n) is 7.22. The molecular weight excluding hydrogens is 410 g/mol. The molecule has 168 valence electrons. The quantitative estimate of drug-likeness (QED) is 0.486. The predicted molar refractivity (Wildman–Crippen MR) is 106 cm³/mol. The Morgan fingerprint density at radius 1 is 1.06 bits per heavy atom. The lowest BCUT2D eigenvalue weighted by Gasteiger charge is -2.37. The van der Waals surface area contributed by atoms with Crippen LogP contribution in [0.15, 0.2) is 17.1 Å². The number of rotatable bonds is 6. The topological polar surface area (TPSA) is 119 Å². The second-order valence-corrected chi connectivity index (χ2v) is 7.22. The van der Waals surface area contributed by atoms with Crippen molar-refractivity contribution in [1.82, 2.24) is 0 Å². The highest BCUT2D eigenvalue weighted by molar-refractivity contribution is 5.98. The molecule has 0 saturated carbocycles. The smallest absolute Gasteiger partial charge is 0.303 e. The van der Waals surface area contributed by atoms with E-state index in [9.17, 15) is 14.4 Å². The molecule has 0 amide bonds. The Bertz CT molecular complexity index is 910. The number of benzene rings is 1. The first-order valence-corrected chi connectivity index (χ1v) is 9.74. The van der Waals surface area contributed by atoms with E-state index in [1.54, 1.807) is 19.1 Å². The van der Waals surface area contributed by atoms with Crippen molar-refractivity contribution >= 4 is 23.8 Å². The highest BCUT2D eigenvalue weighted by Gasteiger charge is 2.44. The average molecular weight is 435 g/mol. The van der Waals surface area contributed by atoms with Crippen molar-refractivity contribution in [3.05, 3.63) is 23.3 Å². The fraction of sp³-hybridized carbons (Fsp3) is 0.524. The molecule has 0 radical (unpaired) electrons. The fourth-order valence-corrected chi connectivity index (χ4v) is 3.81. The summed E-state index contributed by atoms with van der Waals surface area (Å²) in [4.78, 5) is 39.6. The van der Waals surface area contributed by atoms with Crippen molar-refractivity contribution in [3.63, 3.8) is 0 Å². The fourth-order valence-electron chi connectivity index (χ4n) is 3.81. The van der Waals surface area contributed by atoms with Crippen molar-refractivity contribution in [2.24, 2.45) is 4.99 Å². The third-order valence-electron chi connectivity index (χ3n) is 4.95. The summed E-state index contributed by atoms with van der Waals surface area (Å²) in [7, 11) is 1.47. The van der Waals surface area contributed by atoms with Crippen LogP contribution in [-0.4, -0.2) is 62.6 Å². The van der Waals surface area contributed by atoms with Crippen LogP contribution in [0.25, 0.3) is 0 Å². The van der Waals surface area contributed by atoms with E-state index in [0.29, 0.717) is 28.5 Å². The number of carbonyl (C=O) groups is 3. The zero-order valence-electron chi connectivity index (χ0n) is 18.0.